The number of hydrogen-bond acceptors (Lipinski definition) is 5. The van der Waals surface area contributed by atoms with Crippen LogP contribution in [0, 0.1) is 11.3 Å². The maximum atomic E-state index is 12.8. The largest absolute Gasteiger partial charge is 0.391 e. The van der Waals surface area contributed by atoms with E-state index in [1.54, 1.807) is 0 Å². The quantitative estimate of drug-likeness (QED) is 0.604. The van der Waals surface area contributed by atoms with Gasteiger partial charge in [-0.1, -0.05) is 13.8 Å². The molecule has 140 valence electrons. The monoisotopic (exact) mass is 353 g/mol. The summed E-state index contributed by atoms with van der Waals surface area (Å²) in [5.74, 6) is -2.07. The number of rotatable bonds is 5. The van der Waals surface area contributed by atoms with Crippen molar-refractivity contribution in [2.75, 3.05) is 6.54 Å². The molecule has 0 bridgehead atoms. The number of ketones is 1. The molecule has 0 aromatic carbocycles. The first kappa shape index (κ1) is 19.4. The van der Waals surface area contributed by atoms with Gasteiger partial charge in [0.15, 0.2) is 0 Å². The third kappa shape index (κ3) is 4.00. The van der Waals surface area contributed by atoms with Crippen molar-refractivity contribution in [3.63, 3.8) is 0 Å². The van der Waals surface area contributed by atoms with E-state index in [9.17, 15) is 24.3 Å². The summed E-state index contributed by atoms with van der Waals surface area (Å²) in [4.78, 5) is 49.9. The molecule has 1 unspecified atom stereocenters. The van der Waals surface area contributed by atoms with Crippen molar-refractivity contribution in [3.8, 4) is 0 Å². The summed E-state index contributed by atoms with van der Waals surface area (Å²) < 4.78 is 0. The first-order valence-corrected chi connectivity index (χ1v) is 8.64. The molecule has 1 saturated heterocycles. The predicted octanol–water partition coefficient (Wildman–Crippen LogP) is -0.666. The number of aliphatic hydroxyl groups is 1. The van der Waals surface area contributed by atoms with Crippen molar-refractivity contribution in [3.05, 3.63) is 0 Å². The molecule has 2 rings (SSSR count). The number of carbonyl (C=O) groups excluding carboxylic acids is 4. The van der Waals surface area contributed by atoms with Crippen LogP contribution in [0.5, 0.6) is 0 Å². The third-order valence-corrected chi connectivity index (χ3v) is 5.25. The molecule has 1 saturated carbocycles. The summed E-state index contributed by atoms with van der Waals surface area (Å²) in [7, 11) is 0. The Balaban J connectivity index is 2.13. The Labute approximate surface area is 147 Å². The highest BCUT2D eigenvalue weighted by molar-refractivity contribution is 5.95. The van der Waals surface area contributed by atoms with E-state index in [0.29, 0.717) is 25.8 Å². The maximum absolute atomic E-state index is 12.8. The zero-order valence-electron chi connectivity index (χ0n) is 14.9. The smallest absolute Gasteiger partial charge is 0.248 e. The van der Waals surface area contributed by atoms with Gasteiger partial charge in [-0.3, -0.25) is 19.2 Å². The minimum absolute atomic E-state index is 0.0124. The van der Waals surface area contributed by atoms with E-state index in [2.05, 4.69) is 5.32 Å². The third-order valence-electron chi connectivity index (χ3n) is 5.25. The van der Waals surface area contributed by atoms with E-state index < -0.39 is 47.2 Å². The number of primary amides is 1. The van der Waals surface area contributed by atoms with Crippen molar-refractivity contribution < 1.29 is 24.3 Å². The molecule has 4 atom stereocenters. The minimum Gasteiger partial charge on any atom is -0.391 e. The molecule has 8 heteroatoms. The standard InChI is InChI=1S/C17H27N3O5/c1-9(21)13(16(25)20-6-4-5-12(20)14(18)23)19-15(24)11-7-10(22)8-17(11,2)3/h9,11-13,21H,4-8H2,1-3H3,(H2,18,23)(H,19,24)/t9-,11?,12+,13+/m1/s1. The highest BCUT2D eigenvalue weighted by Crippen LogP contribution is 2.40. The Morgan fingerprint density at radius 3 is 2.48 bits per heavy atom. The van der Waals surface area contributed by atoms with Gasteiger partial charge in [0, 0.05) is 19.4 Å². The molecule has 1 heterocycles. The van der Waals surface area contributed by atoms with E-state index in [1.165, 1.54) is 11.8 Å². The number of amides is 3. The lowest BCUT2D eigenvalue weighted by atomic mass is 9.81. The first-order chi connectivity index (χ1) is 11.5. The SMILES string of the molecule is C[C@@H](O)[C@H](NC(=O)C1CC(=O)CC1(C)C)C(=O)N1CCC[C@H]1C(N)=O. The van der Waals surface area contributed by atoms with Gasteiger partial charge in [0.1, 0.15) is 17.9 Å². The second-order valence-electron chi connectivity index (χ2n) is 7.78. The average molecular weight is 353 g/mol. The van der Waals surface area contributed by atoms with Gasteiger partial charge in [-0.05, 0) is 25.2 Å². The molecule has 1 aliphatic heterocycles. The molecule has 0 radical (unpaired) electrons. The molecule has 0 spiro atoms. The van der Waals surface area contributed by atoms with Gasteiger partial charge in [0.2, 0.25) is 17.7 Å². The molecule has 1 aliphatic carbocycles. The fourth-order valence-electron chi connectivity index (χ4n) is 3.80. The van der Waals surface area contributed by atoms with Gasteiger partial charge < -0.3 is 21.1 Å². The van der Waals surface area contributed by atoms with Crippen molar-refractivity contribution in [1.82, 2.24) is 10.2 Å². The molecular formula is C17H27N3O5. The molecule has 3 amide bonds. The number of nitrogens with one attached hydrogen (secondary N) is 1. The van der Waals surface area contributed by atoms with Crippen LogP contribution in [-0.4, -0.2) is 58.2 Å². The van der Waals surface area contributed by atoms with Crippen LogP contribution >= 0.6 is 0 Å². The van der Waals surface area contributed by atoms with Gasteiger partial charge in [0.25, 0.3) is 0 Å². The summed E-state index contributed by atoms with van der Waals surface area (Å²) in [5, 5.41) is 12.6. The van der Waals surface area contributed by atoms with Crippen LogP contribution < -0.4 is 11.1 Å². The van der Waals surface area contributed by atoms with Crippen LogP contribution in [0.15, 0.2) is 0 Å². The van der Waals surface area contributed by atoms with Crippen molar-refractivity contribution >= 4 is 23.5 Å². The summed E-state index contributed by atoms with van der Waals surface area (Å²) >= 11 is 0. The average Bonchev–Trinajstić information content (AvgIpc) is 3.07. The van der Waals surface area contributed by atoms with Gasteiger partial charge in [-0.25, -0.2) is 0 Å². The fourth-order valence-corrected chi connectivity index (χ4v) is 3.80. The molecule has 4 N–H and O–H groups in total. The summed E-state index contributed by atoms with van der Waals surface area (Å²) in [6.45, 7) is 5.44. The van der Waals surface area contributed by atoms with E-state index in [1.807, 2.05) is 13.8 Å². The minimum atomic E-state index is -1.17. The number of likely N-dealkylation sites (tertiary alicyclic amines) is 1. The van der Waals surface area contributed by atoms with Crippen molar-refractivity contribution in [2.24, 2.45) is 17.1 Å². The lowest BCUT2D eigenvalue weighted by Crippen LogP contribution is -2.57. The van der Waals surface area contributed by atoms with Crippen LogP contribution in [0.2, 0.25) is 0 Å². The van der Waals surface area contributed by atoms with Gasteiger partial charge in [-0.15, -0.1) is 0 Å². The summed E-state index contributed by atoms with van der Waals surface area (Å²) in [6.07, 6.45) is 0.433. The molecule has 2 fully saturated rings. The van der Waals surface area contributed by atoms with Crippen LogP contribution in [0.25, 0.3) is 0 Å². The molecule has 8 nitrogen and oxygen atoms in total. The Morgan fingerprint density at radius 1 is 1.36 bits per heavy atom. The van der Waals surface area contributed by atoms with E-state index in [4.69, 9.17) is 5.73 Å². The van der Waals surface area contributed by atoms with Crippen molar-refractivity contribution in [1.29, 1.82) is 0 Å². The predicted molar refractivity (Wildman–Crippen MR) is 89.1 cm³/mol. The molecule has 25 heavy (non-hydrogen) atoms. The fraction of sp³-hybridized carbons (Fsp3) is 0.765. The number of Topliss-reactive ketones (excluding diaryl/α,β-unsaturated/α-hetero) is 1. The Hall–Kier alpha value is -1.96. The number of nitrogens with two attached hydrogens (primary N) is 1. The van der Waals surface area contributed by atoms with Gasteiger partial charge in [0.05, 0.1) is 12.0 Å². The van der Waals surface area contributed by atoms with Gasteiger partial charge in [-0.2, -0.15) is 0 Å². The highest BCUT2D eigenvalue weighted by Gasteiger charge is 2.46. The number of aliphatic hydroxyl groups excluding tert-OH is 1. The summed E-state index contributed by atoms with van der Waals surface area (Å²) in [5.41, 5.74) is 4.84. The lowest BCUT2D eigenvalue weighted by molar-refractivity contribution is -0.144. The molecule has 2 aliphatic rings. The molecular weight excluding hydrogens is 326 g/mol. The number of hydrogen-bond donors (Lipinski definition) is 3. The Bertz CT molecular complexity index is 587. The second-order valence-corrected chi connectivity index (χ2v) is 7.78. The van der Waals surface area contributed by atoms with Crippen LogP contribution in [-0.2, 0) is 19.2 Å². The van der Waals surface area contributed by atoms with E-state index in [0.717, 1.165) is 0 Å². The first-order valence-electron chi connectivity index (χ1n) is 8.64. The highest BCUT2D eigenvalue weighted by atomic mass is 16.3. The Morgan fingerprint density at radius 2 is 2.00 bits per heavy atom. The number of carbonyl (C=O) groups is 4. The normalized spacial score (nSPS) is 27.8. The van der Waals surface area contributed by atoms with Crippen LogP contribution in [0.1, 0.15) is 46.5 Å². The lowest BCUT2D eigenvalue weighted by Gasteiger charge is -2.31. The second kappa shape index (κ2) is 7.11. The van der Waals surface area contributed by atoms with E-state index in [-0.39, 0.29) is 12.2 Å². The van der Waals surface area contributed by atoms with Gasteiger partial charge >= 0.3 is 0 Å². The summed E-state index contributed by atoms with van der Waals surface area (Å²) in [6, 6.07) is -1.88. The zero-order chi connectivity index (χ0) is 18.9. The van der Waals surface area contributed by atoms with Crippen molar-refractivity contribution in [2.45, 2.75) is 64.6 Å². The Kier molecular flexibility index (Phi) is 5.51. The van der Waals surface area contributed by atoms with E-state index >= 15 is 0 Å². The van der Waals surface area contributed by atoms with Crippen LogP contribution in [0.3, 0.4) is 0 Å². The number of nitrogens with zero attached hydrogens (tertiary/aromatic N) is 1. The molecule has 0 aromatic rings. The van der Waals surface area contributed by atoms with Crippen LogP contribution in [0.4, 0.5) is 0 Å². The molecule has 0 aromatic heterocycles. The topological polar surface area (TPSA) is 130 Å². The zero-order valence-corrected chi connectivity index (χ0v) is 14.9. The maximum Gasteiger partial charge on any atom is 0.248 e.